The van der Waals surface area contributed by atoms with Gasteiger partial charge in [0, 0.05) is 40.6 Å². The first-order valence-corrected chi connectivity index (χ1v) is 14.1. The van der Waals surface area contributed by atoms with Crippen molar-refractivity contribution in [2.75, 3.05) is 13.2 Å². The van der Waals surface area contributed by atoms with Crippen molar-refractivity contribution < 1.29 is 33.8 Å². The number of aliphatic hydroxyl groups is 1. The summed E-state index contributed by atoms with van der Waals surface area (Å²) in [5.41, 5.74) is -0.371. The maximum Gasteiger partial charge on any atom is 0.330 e. The van der Waals surface area contributed by atoms with Gasteiger partial charge in [-0.05, 0) is 25.5 Å². The highest BCUT2D eigenvalue weighted by Crippen LogP contribution is 2.57. The van der Waals surface area contributed by atoms with Crippen LogP contribution in [0.25, 0.3) is 43.6 Å². The van der Waals surface area contributed by atoms with Gasteiger partial charge in [-0.2, -0.15) is 0 Å². The van der Waals surface area contributed by atoms with Crippen LogP contribution in [0.2, 0.25) is 0 Å². The molecule has 5 aromatic rings. The third-order valence-corrected chi connectivity index (χ3v) is 9.15. The molecule has 3 aliphatic rings. The molecule has 0 radical (unpaired) electrons. The van der Waals surface area contributed by atoms with Gasteiger partial charge in [-0.3, -0.25) is 19.7 Å². The number of para-hydroxylation sites is 2. The van der Waals surface area contributed by atoms with Crippen LogP contribution in [0.15, 0.2) is 61.2 Å². The van der Waals surface area contributed by atoms with E-state index in [9.17, 15) is 24.3 Å². The summed E-state index contributed by atoms with van der Waals surface area (Å²) in [6.45, 7) is 5.28. The molecular formula is C32H26N4O7. The third-order valence-electron chi connectivity index (χ3n) is 9.15. The number of aromatic nitrogens is 2. The number of hydrogen-bond donors (Lipinski definition) is 3. The minimum Gasteiger partial charge on any atom is -0.462 e. The van der Waals surface area contributed by atoms with Gasteiger partial charge in [0.2, 0.25) is 0 Å². The molecule has 216 valence electrons. The van der Waals surface area contributed by atoms with Gasteiger partial charge in [-0.25, -0.2) is 4.79 Å². The average Bonchev–Trinajstić information content (AvgIpc) is 3.67. The van der Waals surface area contributed by atoms with Crippen molar-refractivity contribution in [1.29, 1.82) is 0 Å². The number of esters is 1. The molecule has 2 bridgehead atoms. The van der Waals surface area contributed by atoms with Crippen molar-refractivity contribution in [3.63, 3.8) is 0 Å². The molecule has 43 heavy (non-hydrogen) atoms. The minimum atomic E-state index is -2.04. The maximum absolute atomic E-state index is 13.9. The second-order valence-corrected chi connectivity index (χ2v) is 11.3. The van der Waals surface area contributed by atoms with Gasteiger partial charge in [0.15, 0.2) is 11.3 Å². The molecule has 0 spiro atoms. The zero-order valence-electron chi connectivity index (χ0n) is 23.1. The summed E-state index contributed by atoms with van der Waals surface area (Å²) in [5.74, 6) is -2.14. The molecule has 1 fully saturated rings. The molecule has 3 amide bonds. The number of nitrogens with zero attached hydrogens (tertiary/aromatic N) is 2. The molecule has 0 aliphatic carbocycles. The molecule has 3 aliphatic heterocycles. The standard InChI is InChI=1S/C32H26N4O7/c1-3-21(37)42-14-8-13-33-30(40)32(41)15-20-35-18-11-6-4-9-16(18)22-24-25(29(39)34-28(24)38)23-17-10-5-7-12-19(17)36(27(23)26(22)35)31(32,2)43-20/h3-7,9-12,20,41H,1,8,13-15H2,2H3,(H,33,40)(H,34,38,39)/t20?,31-,32-/m0/s1. The molecule has 11 heteroatoms. The number of ether oxygens (including phenoxy) is 2. The first-order valence-electron chi connectivity index (χ1n) is 14.1. The zero-order chi connectivity index (χ0) is 29.8. The summed E-state index contributed by atoms with van der Waals surface area (Å²) in [7, 11) is 0. The maximum atomic E-state index is 13.9. The molecule has 3 atom stereocenters. The fourth-order valence-electron chi connectivity index (χ4n) is 7.32. The Morgan fingerprint density at radius 2 is 1.70 bits per heavy atom. The van der Waals surface area contributed by atoms with Crippen LogP contribution in [-0.4, -0.2) is 56.7 Å². The Hall–Kier alpha value is -5.00. The highest BCUT2D eigenvalue weighted by atomic mass is 16.6. The van der Waals surface area contributed by atoms with E-state index in [0.717, 1.165) is 17.0 Å². The van der Waals surface area contributed by atoms with E-state index in [-0.39, 0.29) is 25.1 Å². The van der Waals surface area contributed by atoms with Crippen LogP contribution in [0.4, 0.5) is 0 Å². The van der Waals surface area contributed by atoms with E-state index in [4.69, 9.17) is 9.47 Å². The van der Waals surface area contributed by atoms with E-state index in [0.29, 0.717) is 44.7 Å². The normalized spacial score (nSPS) is 23.7. The number of fused-ring (bicyclic) bond motifs is 13. The van der Waals surface area contributed by atoms with E-state index >= 15 is 0 Å². The predicted molar refractivity (Wildman–Crippen MR) is 156 cm³/mol. The largest absolute Gasteiger partial charge is 0.462 e. The molecule has 5 heterocycles. The van der Waals surface area contributed by atoms with Gasteiger partial charge in [0.25, 0.3) is 17.7 Å². The number of benzene rings is 3. The molecule has 11 nitrogen and oxygen atoms in total. The lowest BCUT2D eigenvalue weighted by molar-refractivity contribution is -0.187. The van der Waals surface area contributed by atoms with Gasteiger partial charge in [0.1, 0.15) is 6.23 Å². The molecule has 8 rings (SSSR count). The van der Waals surface area contributed by atoms with Gasteiger partial charge in [-0.1, -0.05) is 43.0 Å². The van der Waals surface area contributed by atoms with Crippen LogP contribution >= 0.6 is 0 Å². The third kappa shape index (κ3) is 3.05. The smallest absolute Gasteiger partial charge is 0.330 e. The van der Waals surface area contributed by atoms with Crippen LogP contribution in [0.5, 0.6) is 0 Å². The van der Waals surface area contributed by atoms with E-state index in [1.807, 2.05) is 57.7 Å². The number of hydrogen-bond acceptors (Lipinski definition) is 7. The lowest BCUT2D eigenvalue weighted by Crippen LogP contribution is -2.59. The lowest BCUT2D eigenvalue weighted by atomic mass is 9.87. The van der Waals surface area contributed by atoms with E-state index in [1.54, 1.807) is 6.92 Å². The van der Waals surface area contributed by atoms with Crippen LogP contribution < -0.4 is 10.6 Å². The second-order valence-electron chi connectivity index (χ2n) is 11.3. The molecule has 1 unspecified atom stereocenters. The van der Waals surface area contributed by atoms with Crippen molar-refractivity contribution in [1.82, 2.24) is 19.8 Å². The topological polar surface area (TPSA) is 141 Å². The highest BCUT2D eigenvalue weighted by Gasteiger charge is 2.65. The summed E-state index contributed by atoms with van der Waals surface area (Å²) < 4.78 is 15.5. The van der Waals surface area contributed by atoms with Crippen LogP contribution in [0, 0.1) is 0 Å². The minimum absolute atomic E-state index is 0.0788. The molecule has 3 N–H and O–H groups in total. The fraction of sp³-hybridized carbons (Fsp3) is 0.250. The second kappa shape index (κ2) is 8.52. The van der Waals surface area contributed by atoms with Gasteiger partial charge >= 0.3 is 5.97 Å². The Labute approximate surface area is 243 Å². The summed E-state index contributed by atoms with van der Waals surface area (Å²) in [6.07, 6.45) is 0.541. The Kier molecular flexibility index (Phi) is 5.09. The lowest BCUT2D eigenvalue weighted by Gasteiger charge is -2.38. The summed E-state index contributed by atoms with van der Waals surface area (Å²) >= 11 is 0. The quantitative estimate of drug-likeness (QED) is 0.121. The first kappa shape index (κ1) is 25.7. The first-order chi connectivity index (χ1) is 20.7. The van der Waals surface area contributed by atoms with E-state index in [1.165, 1.54) is 0 Å². The van der Waals surface area contributed by atoms with Crippen molar-refractivity contribution in [2.24, 2.45) is 0 Å². The molecule has 2 aromatic heterocycles. The van der Waals surface area contributed by atoms with Crippen molar-refractivity contribution in [3.05, 3.63) is 72.3 Å². The number of carbonyl (C=O) groups is 4. The zero-order valence-corrected chi connectivity index (χ0v) is 23.1. The Bertz CT molecular complexity index is 2140. The number of rotatable bonds is 6. The average molecular weight is 579 g/mol. The summed E-state index contributed by atoms with van der Waals surface area (Å²) in [5, 5.41) is 20.4. The van der Waals surface area contributed by atoms with Gasteiger partial charge < -0.3 is 29.0 Å². The van der Waals surface area contributed by atoms with Crippen molar-refractivity contribution in [2.45, 2.75) is 37.3 Å². The Balaban J connectivity index is 1.40. The predicted octanol–water partition coefficient (Wildman–Crippen LogP) is 3.36. The fourth-order valence-corrected chi connectivity index (χ4v) is 7.32. The summed E-state index contributed by atoms with van der Waals surface area (Å²) in [4.78, 5) is 52.0. The van der Waals surface area contributed by atoms with Crippen molar-refractivity contribution >= 4 is 67.3 Å². The monoisotopic (exact) mass is 578 g/mol. The molecule has 0 saturated carbocycles. The molecular weight excluding hydrogens is 552 g/mol. The Morgan fingerprint density at radius 3 is 2.40 bits per heavy atom. The van der Waals surface area contributed by atoms with E-state index in [2.05, 4.69) is 17.2 Å². The number of carbonyl (C=O) groups excluding carboxylic acids is 4. The van der Waals surface area contributed by atoms with Crippen molar-refractivity contribution in [3.8, 4) is 0 Å². The molecule has 1 saturated heterocycles. The van der Waals surface area contributed by atoms with Crippen LogP contribution in [-0.2, 0) is 24.8 Å². The Morgan fingerprint density at radius 1 is 1.07 bits per heavy atom. The van der Waals surface area contributed by atoms with Gasteiger partial charge in [0.05, 0.1) is 39.8 Å². The van der Waals surface area contributed by atoms with Gasteiger partial charge in [-0.15, -0.1) is 0 Å². The van der Waals surface area contributed by atoms with E-state index < -0.39 is 41.2 Å². The highest BCUT2D eigenvalue weighted by molar-refractivity contribution is 6.39. The number of nitrogens with one attached hydrogen (secondary N) is 2. The SMILES string of the molecule is C=CC(=O)OCCCNC(=O)[C@@]1(O)CC2O[C@]1(C)n1c3ccccc3c3c4c(c5c6ccccc6n2c5c31)C(=O)NC4=O. The van der Waals surface area contributed by atoms with Crippen LogP contribution in [0.1, 0.15) is 46.7 Å². The van der Waals surface area contributed by atoms with Crippen LogP contribution in [0.3, 0.4) is 0 Å². The number of imide groups is 1. The number of amides is 3. The molecule has 3 aromatic carbocycles. The summed E-state index contributed by atoms with van der Waals surface area (Å²) in [6, 6.07) is 15.0.